The summed E-state index contributed by atoms with van der Waals surface area (Å²) in [5.41, 5.74) is 3.36. The molecular weight excluding hydrogens is 376 g/mol. The minimum absolute atomic E-state index is 0.114. The number of pyridine rings is 1. The number of hydrogen-bond acceptors (Lipinski definition) is 3. The lowest BCUT2D eigenvalue weighted by Crippen LogP contribution is -2.24. The van der Waals surface area contributed by atoms with Crippen LogP contribution in [0.4, 0.5) is 0 Å². The molecule has 0 fully saturated rings. The monoisotopic (exact) mass is 396 g/mol. The van der Waals surface area contributed by atoms with Crippen molar-refractivity contribution in [2.45, 2.75) is 12.5 Å². The van der Waals surface area contributed by atoms with E-state index in [0.29, 0.717) is 16.8 Å². The normalized spacial score (nSPS) is 11.7. The van der Waals surface area contributed by atoms with Crippen LogP contribution in [0.1, 0.15) is 16.7 Å². The summed E-state index contributed by atoms with van der Waals surface area (Å²) in [6, 6.07) is 26.8. The van der Waals surface area contributed by atoms with Crippen molar-refractivity contribution in [2.24, 2.45) is 4.99 Å². The lowest BCUT2D eigenvalue weighted by atomic mass is 9.99. The number of carbonyl (C=O) groups is 1. The van der Waals surface area contributed by atoms with Crippen LogP contribution in [-0.2, 0) is 11.2 Å². The number of aromatic amines is 1. The third-order valence-corrected chi connectivity index (χ3v) is 4.91. The number of nitrogens with one attached hydrogen (secondary N) is 1. The summed E-state index contributed by atoms with van der Waals surface area (Å²) in [5.74, 6) is -1.04. The molecule has 5 nitrogen and oxygen atoms in total. The summed E-state index contributed by atoms with van der Waals surface area (Å²) in [6.45, 7) is 0. The van der Waals surface area contributed by atoms with Gasteiger partial charge in [-0.2, -0.15) is 0 Å². The summed E-state index contributed by atoms with van der Waals surface area (Å²) in [4.78, 5) is 31.7. The van der Waals surface area contributed by atoms with Crippen LogP contribution in [0.25, 0.3) is 10.9 Å². The first-order valence-corrected chi connectivity index (χ1v) is 9.64. The molecule has 4 aromatic rings. The van der Waals surface area contributed by atoms with Gasteiger partial charge in [-0.3, -0.25) is 9.79 Å². The standard InChI is InChI=1S/C25H20N2O3/c28-23-16-19(20-13-7-8-14-21(20)26-23)15-22(25(29)30)27-24(17-9-3-1-4-10-17)18-11-5-2-6-12-18/h1-14,16,22H,15H2,(H,26,28)(H,29,30). The fourth-order valence-corrected chi connectivity index (χ4v) is 3.51. The highest BCUT2D eigenvalue weighted by Crippen LogP contribution is 2.19. The van der Waals surface area contributed by atoms with Crippen molar-refractivity contribution in [3.63, 3.8) is 0 Å². The van der Waals surface area contributed by atoms with Gasteiger partial charge in [0.25, 0.3) is 0 Å². The van der Waals surface area contributed by atoms with Crippen molar-refractivity contribution in [1.29, 1.82) is 0 Å². The molecule has 0 aliphatic heterocycles. The summed E-state index contributed by atoms with van der Waals surface area (Å²) >= 11 is 0. The van der Waals surface area contributed by atoms with E-state index in [9.17, 15) is 14.7 Å². The van der Waals surface area contributed by atoms with Crippen molar-refractivity contribution >= 4 is 22.6 Å². The number of aliphatic imine (C=N–C) groups is 1. The highest BCUT2D eigenvalue weighted by molar-refractivity contribution is 6.13. The number of carboxylic acid groups (broad SMARTS) is 1. The zero-order valence-electron chi connectivity index (χ0n) is 16.2. The minimum Gasteiger partial charge on any atom is -0.480 e. The molecule has 1 unspecified atom stereocenters. The summed E-state index contributed by atoms with van der Waals surface area (Å²) in [6.07, 6.45) is 0.114. The molecule has 0 saturated heterocycles. The Hall–Kier alpha value is -3.99. The Labute approximate surface area is 173 Å². The molecule has 3 aromatic carbocycles. The van der Waals surface area contributed by atoms with Gasteiger partial charge in [0.2, 0.25) is 5.56 Å². The van der Waals surface area contributed by atoms with Crippen LogP contribution in [0.3, 0.4) is 0 Å². The first-order valence-electron chi connectivity index (χ1n) is 9.64. The Bertz CT molecular complexity index is 1220. The van der Waals surface area contributed by atoms with Crippen LogP contribution in [-0.4, -0.2) is 27.8 Å². The highest BCUT2D eigenvalue weighted by Gasteiger charge is 2.21. The molecule has 148 valence electrons. The maximum atomic E-state index is 12.1. The zero-order chi connectivity index (χ0) is 20.9. The molecule has 0 amide bonds. The average Bonchev–Trinajstić information content (AvgIpc) is 2.77. The molecule has 30 heavy (non-hydrogen) atoms. The van der Waals surface area contributed by atoms with E-state index in [0.717, 1.165) is 16.5 Å². The second-order valence-corrected chi connectivity index (χ2v) is 6.97. The predicted octanol–water partition coefficient (Wildman–Crippen LogP) is 4.06. The van der Waals surface area contributed by atoms with E-state index in [1.165, 1.54) is 6.07 Å². The largest absolute Gasteiger partial charge is 0.480 e. The first kappa shape index (κ1) is 19.3. The van der Waals surface area contributed by atoms with Gasteiger partial charge in [-0.05, 0) is 11.6 Å². The van der Waals surface area contributed by atoms with Crippen LogP contribution >= 0.6 is 0 Å². The number of benzene rings is 3. The summed E-state index contributed by atoms with van der Waals surface area (Å²) < 4.78 is 0. The fourth-order valence-electron chi connectivity index (χ4n) is 3.51. The Balaban J connectivity index is 1.81. The van der Waals surface area contributed by atoms with Crippen molar-refractivity contribution in [3.8, 4) is 0 Å². The van der Waals surface area contributed by atoms with Gasteiger partial charge < -0.3 is 10.1 Å². The lowest BCUT2D eigenvalue weighted by molar-refractivity contribution is -0.138. The molecule has 0 aliphatic carbocycles. The molecule has 0 radical (unpaired) electrons. The van der Waals surface area contributed by atoms with Gasteiger partial charge in [-0.25, -0.2) is 4.79 Å². The number of para-hydroxylation sites is 1. The number of fused-ring (bicyclic) bond motifs is 1. The van der Waals surface area contributed by atoms with Crippen molar-refractivity contribution < 1.29 is 9.90 Å². The summed E-state index contributed by atoms with van der Waals surface area (Å²) in [7, 11) is 0. The Morgan fingerprint density at radius 1 is 0.867 bits per heavy atom. The molecule has 1 heterocycles. The van der Waals surface area contributed by atoms with E-state index in [1.807, 2.05) is 78.9 Å². The summed E-state index contributed by atoms with van der Waals surface area (Å²) in [5, 5.41) is 10.7. The average molecular weight is 396 g/mol. The zero-order valence-corrected chi connectivity index (χ0v) is 16.2. The van der Waals surface area contributed by atoms with E-state index in [2.05, 4.69) is 9.98 Å². The predicted molar refractivity (Wildman–Crippen MR) is 118 cm³/mol. The highest BCUT2D eigenvalue weighted by atomic mass is 16.4. The number of aromatic nitrogens is 1. The lowest BCUT2D eigenvalue weighted by Gasteiger charge is -2.14. The number of aliphatic carboxylic acids is 1. The number of hydrogen-bond donors (Lipinski definition) is 2. The van der Waals surface area contributed by atoms with Gasteiger partial charge in [0.1, 0.15) is 0 Å². The number of H-pyrrole nitrogens is 1. The van der Waals surface area contributed by atoms with Crippen LogP contribution in [0.2, 0.25) is 0 Å². The van der Waals surface area contributed by atoms with Gasteiger partial charge in [-0.1, -0.05) is 78.9 Å². The molecule has 2 N–H and O–H groups in total. The Morgan fingerprint density at radius 3 is 2.03 bits per heavy atom. The third kappa shape index (κ3) is 4.20. The molecule has 1 aromatic heterocycles. The van der Waals surface area contributed by atoms with Gasteiger partial charge in [0.15, 0.2) is 6.04 Å². The Morgan fingerprint density at radius 2 is 1.43 bits per heavy atom. The van der Waals surface area contributed by atoms with Gasteiger partial charge in [0, 0.05) is 34.5 Å². The van der Waals surface area contributed by atoms with Crippen LogP contribution in [0.15, 0.2) is 101 Å². The van der Waals surface area contributed by atoms with E-state index < -0.39 is 12.0 Å². The van der Waals surface area contributed by atoms with E-state index in [-0.39, 0.29) is 12.0 Å². The molecule has 5 heteroatoms. The molecule has 1 atom stereocenters. The topological polar surface area (TPSA) is 82.5 Å². The minimum atomic E-state index is -1.04. The SMILES string of the molecule is O=C(O)C(Cc1cc(=O)[nH]c2ccccc12)N=C(c1ccccc1)c1ccccc1. The van der Waals surface area contributed by atoms with Crippen LogP contribution in [0.5, 0.6) is 0 Å². The first-order chi connectivity index (χ1) is 14.6. The van der Waals surface area contributed by atoms with Crippen molar-refractivity contribution in [1.82, 2.24) is 4.98 Å². The number of nitrogens with zero attached hydrogens (tertiary/aromatic N) is 1. The van der Waals surface area contributed by atoms with E-state index in [1.54, 1.807) is 6.07 Å². The number of carboxylic acids is 1. The molecule has 4 rings (SSSR count). The van der Waals surface area contributed by atoms with Crippen LogP contribution < -0.4 is 5.56 Å². The molecule has 0 spiro atoms. The third-order valence-electron chi connectivity index (χ3n) is 4.91. The fraction of sp³-hybridized carbons (Fsp3) is 0.0800. The molecular formula is C25H20N2O3. The van der Waals surface area contributed by atoms with Crippen LogP contribution in [0, 0.1) is 0 Å². The number of rotatable bonds is 6. The van der Waals surface area contributed by atoms with Gasteiger partial charge in [-0.15, -0.1) is 0 Å². The maximum Gasteiger partial charge on any atom is 0.328 e. The van der Waals surface area contributed by atoms with E-state index >= 15 is 0 Å². The van der Waals surface area contributed by atoms with Crippen molar-refractivity contribution in [2.75, 3.05) is 0 Å². The quantitative estimate of drug-likeness (QED) is 0.482. The second-order valence-electron chi connectivity index (χ2n) is 6.97. The smallest absolute Gasteiger partial charge is 0.328 e. The van der Waals surface area contributed by atoms with Gasteiger partial charge in [0.05, 0.1) is 5.71 Å². The van der Waals surface area contributed by atoms with Crippen molar-refractivity contribution in [3.05, 3.63) is 118 Å². The van der Waals surface area contributed by atoms with Gasteiger partial charge >= 0.3 is 5.97 Å². The maximum absolute atomic E-state index is 12.1. The molecule has 0 bridgehead atoms. The Kier molecular flexibility index (Phi) is 5.52. The molecule has 0 saturated carbocycles. The molecule has 0 aliphatic rings. The second kappa shape index (κ2) is 8.57. The van der Waals surface area contributed by atoms with E-state index in [4.69, 9.17) is 0 Å².